The molecule has 0 bridgehead atoms. The molecule has 0 spiro atoms. The van der Waals surface area contributed by atoms with E-state index in [1.165, 1.54) is 0 Å². The van der Waals surface area contributed by atoms with E-state index in [2.05, 4.69) is 20.8 Å². The minimum atomic E-state index is 0.213. The molecule has 0 heterocycles. The van der Waals surface area contributed by atoms with Crippen LogP contribution in [0.4, 0.5) is 0 Å². The summed E-state index contributed by atoms with van der Waals surface area (Å²) in [7, 11) is 0. The molecule has 1 unspecified atom stereocenters. The van der Waals surface area contributed by atoms with Gasteiger partial charge >= 0.3 is 0 Å². The zero-order valence-corrected chi connectivity index (χ0v) is 13.2. The first-order valence-corrected chi connectivity index (χ1v) is 7.43. The maximum absolute atomic E-state index is 6.03. The Morgan fingerprint density at radius 2 is 1.68 bits per heavy atom. The normalized spacial score (nSPS) is 13.1. The van der Waals surface area contributed by atoms with Crippen LogP contribution in [0, 0.1) is 11.3 Å². The summed E-state index contributed by atoms with van der Waals surface area (Å²) in [6.45, 7) is 9.93. The van der Waals surface area contributed by atoms with Gasteiger partial charge in [-0.25, -0.2) is 0 Å². The average molecular weight is 285 g/mol. The highest BCUT2D eigenvalue weighted by molar-refractivity contribution is 6.18. The number of hydrogen-bond acceptors (Lipinski definition) is 2. The first kappa shape index (κ1) is 16.2. The Labute approximate surface area is 122 Å². The first-order chi connectivity index (χ1) is 8.99. The highest BCUT2D eigenvalue weighted by atomic mass is 35.5. The molecule has 0 amide bonds. The fraction of sp³-hybridized carbons (Fsp3) is 0.625. The van der Waals surface area contributed by atoms with E-state index in [0.717, 1.165) is 17.9 Å². The van der Waals surface area contributed by atoms with Gasteiger partial charge in [0.05, 0.1) is 13.2 Å². The topological polar surface area (TPSA) is 18.5 Å². The molecule has 2 nitrogen and oxygen atoms in total. The molecule has 19 heavy (non-hydrogen) atoms. The third-order valence-corrected chi connectivity index (χ3v) is 3.66. The second-order valence-electron chi connectivity index (χ2n) is 5.73. The zero-order chi connectivity index (χ0) is 14.3. The second-order valence-corrected chi connectivity index (χ2v) is 6.04. The molecule has 0 saturated carbocycles. The number of ether oxygens (including phenoxy) is 2. The van der Waals surface area contributed by atoms with E-state index in [0.29, 0.717) is 25.0 Å². The Bertz CT molecular complexity index is 371. The molecule has 0 saturated heterocycles. The fourth-order valence-corrected chi connectivity index (χ4v) is 2.51. The van der Waals surface area contributed by atoms with Crippen molar-refractivity contribution in [3.05, 3.63) is 24.3 Å². The maximum Gasteiger partial charge on any atom is 0.161 e. The lowest BCUT2D eigenvalue weighted by Crippen LogP contribution is -2.24. The molecular formula is C16H25ClO2. The van der Waals surface area contributed by atoms with Crippen LogP contribution in [0.5, 0.6) is 11.5 Å². The Morgan fingerprint density at radius 1 is 1.11 bits per heavy atom. The van der Waals surface area contributed by atoms with Crippen molar-refractivity contribution in [3.8, 4) is 11.5 Å². The second kappa shape index (κ2) is 7.64. The summed E-state index contributed by atoms with van der Waals surface area (Å²) in [6.07, 6.45) is 0.952. The Balaban J connectivity index is 2.53. The van der Waals surface area contributed by atoms with Crippen LogP contribution in [0.15, 0.2) is 24.3 Å². The Morgan fingerprint density at radius 3 is 2.16 bits per heavy atom. The molecule has 0 aliphatic heterocycles. The van der Waals surface area contributed by atoms with Crippen molar-refractivity contribution in [1.82, 2.24) is 0 Å². The standard InChI is InChI=1S/C16H25ClO2/c1-5-18-14-8-6-7-9-15(14)19-11-10-13(12-17)16(2,3)4/h6-9,13H,5,10-12H2,1-4H3. The van der Waals surface area contributed by atoms with Gasteiger partial charge in [0.1, 0.15) is 0 Å². The van der Waals surface area contributed by atoms with E-state index in [1.807, 2.05) is 31.2 Å². The van der Waals surface area contributed by atoms with Crippen molar-refractivity contribution in [1.29, 1.82) is 0 Å². The third kappa shape index (κ3) is 5.32. The Kier molecular flexibility index (Phi) is 6.50. The van der Waals surface area contributed by atoms with E-state index in [9.17, 15) is 0 Å². The zero-order valence-electron chi connectivity index (χ0n) is 12.4. The van der Waals surface area contributed by atoms with Gasteiger partial charge in [0.25, 0.3) is 0 Å². The summed E-state index contributed by atoms with van der Waals surface area (Å²) in [5.74, 6) is 2.74. The van der Waals surface area contributed by atoms with Crippen LogP contribution < -0.4 is 9.47 Å². The number of alkyl halides is 1. The predicted molar refractivity (Wildman–Crippen MR) is 81.4 cm³/mol. The lowest BCUT2D eigenvalue weighted by Gasteiger charge is -2.29. The van der Waals surface area contributed by atoms with E-state index < -0.39 is 0 Å². The SMILES string of the molecule is CCOc1ccccc1OCCC(CCl)C(C)(C)C. The molecule has 0 aromatic heterocycles. The van der Waals surface area contributed by atoms with Gasteiger partial charge in [-0.3, -0.25) is 0 Å². The fourth-order valence-electron chi connectivity index (χ4n) is 1.90. The van der Waals surface area contributed by atoms with Crippen LogP contribution in [0.3, 0.4) is 0 Å². The van der Waals surface area contributed by atoms with Crippen molar-refractivity contribution >= 4 is 11.6 Å². The number of para-hydroxylation sites is 2. The number of rotatable bonds is 7. The predicted octanol–water partition coefficient (Wildman–Crippen LogP) is 4.76. The van der Waals surface area contributed by atoms with Crippen LogP contribution in [0.2, 0.25) is 0 Å². The lowest BCUT2D eigenvalue weighted by molar-refractivity contribution is 0.196. The van der Waals surface area contributed by atoms with Crippen molar-refractivity contribution in [3.63, 3.8) is 0 Å². The minimum Gasteiger partial charge on any atom is -0.490 e. The molecule has 1 aromatic rings. The molecule has 1 aromatic carbocycles. The van der Waals surface area contributed by atoms with Gasteiger partial charge in [-0.05, 0) is 36.8 Å². The summed E-state index contributed by atoms with van der Waals surface area (Å²) in [4.78, 5) is 0. The Hall–Kier alpha value is -0.890. The lowest BCUT2D eigenvalue weighted by atomic mass is 9.80. The van der Waals surface area contributed by atoms with Crippen molar-refractivity contribution in [2.75, 3.05) is 19.1 Å². The minimum absolute atomic E-state index is 0.213. The maximum atomic E-state index is 6.03. The summed E-state index contributed by atoms with van der Waals surface area (Å²) < 4.78 is 11.4. The number of benzene rings is 1. The molecule has 0 fully saturated rings. The van der Waals surface area contributed by atoms with Gasteiger partial charge < -0.3 is 9.47 Å². The van der Waals surface area contributed by atoms with Crippen molar-refractivity contribution in [2.24, 2.45) is 11.3 Å². The van der Waals surface area contributed by atoms with E-state index in [4.69, 9.17) is 21.1 Å². The van der Waals surface area contributed by atoms with Crippen LogP contribution in [0.1, 0.15) is 34.1 Å². The van der Waals surface area contributed by atoms with Crippen LogP contribution in [-0.4, -0.2) is 19.1 Å². The number of hydrogen-bond donors (Lipinski definition) is 0. The van der Waals surface area contributed by atoms with Crippen LogP contribution in [0.25, 0.3) is 0 Å². The van der Waals surface area contributed by atoms with E-state index >= 15 is 0 Å². The monoisotopic (exact) mass is 284 g/mol. The first-order valence-electron chi connectivity index (χ1n) is 6.89. The molecular weight excluding hydrogens is 260 g/mol. The van der Waals surface area contributed by atoms with Gasteiger partial charge in [-0.15, -0.1) is 11.6 Å². The summed E-state index contributed by atoms with van der Waals surface area (Å²) >= 11 is 6.03. The van der Waals surface area contributed by atoms with Gasteiger partial charge in [0.2, 0.25) is 0 Å². The average Bonchev–Trinajstić information content (AvgIpc) is 2.35. The van der Waals surface area contributed by atoms with Crippen molar-refractivity contribution < 1.29 is 9.47 Å². The van der Waals surface area contributed by atoms with Crippen LogP contribution >= 0.6 is 11.6 Å². The van der Waals surface area contributed by atoms with Gasteiger partial charge in [0.15, 0.2) is 11.5 Å². The van der Waals surface area contributed by atoms with Crippen molar-refractivity contribution in [2.45, 2.75) is 34.1 Å². The molecule has 3 heteroatoms. The van der Waals surface area contributed by atoms with E-state index in [-0.39, 0.29) is 5.41 Å². The molecule has 1 atom stereocenters. The largest absolute Gasteiger partial charge is 0.490 e. The quantitative estimate of drug-likeness (QED) is 0.672. The smallest absolute Gasteiger partial charge is 0.161 e. The summed E-state index contributed by atoms with van der Waals surface area (Å²) in [6, 6.07) is 7.79. The molecule has 0 aliphatic carbocycles. The number of halogens is 1. The molecule has 0 aliphatic rings. The molecule has 0 N–H and O–H groups in total. The highest BCUT2D eigenvalue weighted by Crippen LogP contribution is 2.31. The molecule has 108 valence electrons. The summed E-state index contributed by atoms with van der Waals surface area (Å²) in [5.41, 5.74) is 0.213. The highest BCUT2D eigenvalue weighted by Gasteiger charge is 2.23. The van der Waals surface area contributed by atoms with E-state index in [1.54, 1.807) is 0 Å². The van der Waals surface area contributed by atoms with Crippen LogP contribution in [-0.2, 0) is 0 Å². The van der Waals surface area contributed by atoms with Gasteiger partial charge in [-0.1, -0.05) is 32.9 Å². The summed E-state index contributed by atoms with van der Waals surface area (Å²) in [5, 5.41) is 0. The molecule has 1 rings (SSSR count). The van der Waals surface area contributed by atoms with Gasteiger partial charge in [-0.2, -0.15) is 0 Å². The molecule has 0 radical (unpaired) electrons. The van der Waals surface area contributed by atoms with Gasteiger partial charge in [0, 0.05) is 5.88 Å². The third-order valence-electron chi connectivity index (χ3n) is 3.28.